The molecule has 2 aromatic rings. The number of carbonyl (C=O) groups excluding carboxylic acids is 1. The van der Waals surface area contributed by atoms with Crippen LogP contribution in [0.4, 0.5) is 16.2 Å². The van der Waals surface area contributed by atoms with Gasteiger partial charge < -0.3 is 25.0 Å². The number of hydrogen-bond acceptors (Lipinski definition) is 4. The van der Waals surface area contributed by atoms with Crippen molar-refractivity contribution in [3.63, 3.8) is 0 Å². The Morgan fingerprint density at radius 1 is 0.969 bits per heavy atom. The molecule has 1 aliphatic heterocycles. The van der Waals surface area contributed by atoms with E-state index < -0.39 is 6.09 Å². The van der Waals surface area contributed by atoms with Crippen molar-refractivity contribution in [3.05, 3.63) is 53.6 Å². The van der Waals surface area contributed by atoms with Crippen LogP contribution in [0.15, 0.2) is 42.5 Å². The molecule has 170 valence electrons. The highest BCUT2D eigenvalue weighted by atomic mass is 16.5. The standard InChI is InChI=1S/C25H31N3O4/c1-32-23-17-21(11-12-22(23)27-13-15-28(16-14-27)25(30)31)26-24(29)20-9-7-19(8-10-20)18-5-3-2-4-6-18/h7-12,17-18H,2-6,13-16H2,1H3,(H,26,29)(H,30,31). The minimum absolute atomic E-state index is 0.148. The number of carboxylic acid groups (broad SMARTS) is 1. The molecular weight excluding hydrogens is 406 g/mol. The first kappa shape index (κ1) is 22.0. The summed E-state index contributed by atoms with van der Waals surface area (Å²) >= 11 is 0. The van der Waals surface area contributed by atoms with Gasteiger partial charge in [-0.15, -0.1) is 0 Å². The highest BCUT2D eigenvalue weighted by molar-refractivity contribution is 6.04. The van der Waals surface area contributed by atoms with E-state index in [-0.39, 0.29) is 5.91 Å². The number of nitrogens with zero attached hydrogens (tertiary/aromatic N) is 2. The van der Waals surface area contributed by atoms with Gasteiger partial charge in [0.05, 0.1) is 12.8 Å². The molecule has 0 spiro atoms. The molecule has 0 aromatic heterocycles. The smallest absolute Gasteiger partial charge is 0.407 e. The average molecular weight is 438 g/mol. The summed E-state index contributed by atoms with van der Waals surface area (Å²) in [6, 6.07) is 13.6. The molecule has 0 radical (unpaired) electrons. The molecule has 4 rings (SSSR count). The first-order valence-electron chi connectivity index (χ1n) is 11.4. The van der Waals surface area contributed by atoms with E-state index in [0.29, 0.717) is 49.1 Å². The summed E-state index contributed by atoms with van der Waals surface area (Å²) in [4.78, 5) is 27.4. The lowest BCUT2D eigenvalue weighted by atomic mass is 9.84. The zero-order valence-electron chi connectivity index (χ0n) is 18.5. The highest BCUT2D eigenvalue weighted by Gasteiger charge is 2.23. The van der Waals surface area contributed by atoms with Gasteiger partial charge in [0.25, 0.3) is 5.91 Å². The summed E-state index contributed by atoms with van der Waals surface area (Å²) in [5, 5.41) is 12.1. The Bertz CT molecular complexity index is 946. The number of methoxy groups -OCH3 is 1. The summed E-state index contributed by atoms with van der Waals surface area (Å²) in [7, 11) is 1.60. The lowest BCUT2D eigenvalue weighted by molar-refractivity contribution is 0.102. The molecule has 2 fully saturated rings. The van der Waals surface area contributed by atoms with E-state index in [1.165, 1.54) is 42.6 Å². The molecule has 32 heavy (non-hydrogen) atoms. The molecule has 7 nitrogen and oxygen atoms in total. The molecular formula is C25H31N3O4. The molecule has 2 N–H and O–H groups in total. The van der Waals surface area contributed by atoms with Crippen LogP contribution in [-0.2, 0) is 0 Å². The molecule has 7 heteroatoms. The van der Waals surface area contributed by atoms with Gasteiger partial charge in [-0.1, -0.05) is 31.4 Å². The Morgan fingerprint density at radius 2 is 1.66 bits per heavy atom. The topological polar surface area (TPSA) is 82.1 Å². The largest absolute Gasteiger partial charge is 0.495 e. The van der Waals surface area contributed by atoms with E-state index >= 15 is 0 Å². The second kappa shape index (κ2) is 9.94. The molecule has 1 aliphatic carbocycles. The second-order valence-electron chi connectivity index (χ2n) is 8.55. The summed E-state index contributed by atoms with van der Waals surface area (Å²) in [6.07, 6.45) is 5.51. The Balaban J connectivity index is 1.40. The molecule has 2 aliphatic rings. The fourth-order valence-corrected chi connectivity index (χ4v) is 4.70. The van der Waals surface area contributed by atoms with Crippen LogP contribution in [0.3, 0.4) is 0 Å². The van der Waals surface area contributed by atoms with Crippen LogP contribution in [0.25, 0.3) is 0 Å². The number of ether oxygens (including phenoxy) is 1. The molecule has 1 saturated heterocycles. The first-order chi connectivity index (χ1) is 15.5. The number of hydrogen-bond donors (Lipinski definition) is 2. The Labute approximate surface area is 189 Å². The molecule has 1 saturated carbocycles. The highest BCUT2D eigenvalue weighted by Crippen LogP contribution is 2.34. The van der Waals surface area contributed by atoms with E-state index in [9.17, 15) is 9.59 Å². The summed E-state index contributed by atoms with van der Waals surface area (Å²) < 4.78 is 5.56. The average Bonchev–Trinajstić information content (AvgIpc) is 2.84. The van der Waals surface area contributed by atoms with Gasteiger partial charge in [0.1, 0.15) is 5.75 Å². The molecule has 0 atom stereocenters. The van der Waals surface area contributed by atoms with E-state index in [1.807, 2.05) is 30.3 Å². The van der Waals surface area contributed by atoms with Crippen molar-refractivity contribution in [1.29, 1.82) is 0 Å². The third-order valence-corrected chi connectivity index (χ3v) is 6.58. The molecule has 2 aromatic carbocycles. The normalized spacial score (nSPS) is 17.2. The van der Waals surface area contributed by atoms with Gasteiger partial charge in [-0.2, -0.15) is 0 Å². The minimum Gasteiger partial charge on any atom is -0.495 e. The lowest BCUT2D eigenvalue weighted by Crippen LogP contribution is -2.48. The van der Waals surface area contributed by atoms with E-state index in [4.69, 9.17) is 9.84 Å². The fourth-order valence-electron chi connectivity index (χ4n) is 4.70. The zero-order valence-corrected chi connectivity index (χ0v) is 18.5. The molecule has 1 heterocycles. The van der Waals surface area contributed by atoms with Crippen molar-refractivity contribution in [3.8, 4) is 5.75 Å². The SMILES string of the molecule is COc1cc(NC(=O)c2ccc(C3CCCCC3)cc2)ccc1N1CCN(C(=O)O)CC1. The molecule has 0 unspecified atom stereocenters. The number of rotatable bonds is 5. The zero-order chi connectivity index (χ0) is 22.5. The second-order valence-corrected chi connectivity index (χ2v) is 8.55. The van der Waals surface area contributed by atoms with Gasteiger partial charge in [-0.05, 0) is 48.6 Å². The van der Waals surface area contributed by atoms with Crippen LogP contribution in [0.1, 0.15) is 53.9 Å². The van der Waals surface area contributed by atoms with Crippen molar-refractivity contribution in [2.75, 3.05) is 43.5 Å². The minimum atomic E-state index is -0.888. The maximum Gasteiger partial charge on any atom is 0.407 e. The first-order valence-corrected chi connectivity index (χ1v) is 11.4. The van der Waals surface area contributed by atoms with Crippen molar-refractivity contribution >= 4 is 23.4 Å². The lowest BCUT2D eigenvalue weighted by Gasteiger charge is -2.35. The summed E-state index contributed by atoms with van der Waals surface area (Å²) in [6.45, 7) is 2.10. The molecule has 2 amide bonds. The monoisotopic (exact) mass is 437 g/mol. The summed E-state index contributed by atoms with van der Waals surface area (Å²) in [5.41, 5.74) is 3.52. The number of piperazine rings is 1. The van der Waals surface area contributed by atoms with Gasteiger partial charge in [0.2, 0.25) is 0 Å². The van der Waals surface area contributed by atoms with Gasteiger partial charge in [-0.3, -0.25) is 4.79 Å². The maximum atomic E-state index is 12.8. The number of benzene rings is 2. The van der Waals surface area contributed by atoms with Gasteiger partial charge in [0.15, 0.2) is 0 Å². The number of nitrogens with one attached hydrogen (secondary N) is 1. The van der Waals surface area contributed by atoms with Crippen LogP contribution >= 0.6 is 0 Å². The maximum absolute atomic E-state index is 12.8. The number of carbonyl (C=O) groups is 2. The fraction of sp³-hybridized carbons (Fsp3) is 0.440. The number of amides is 2. The van der Waals surface area contributed by atoms with Crippen LogP contribution < -0.4 is 15.0 Å². The van der Waals surface area contributed by atoms with Crippen molar-refractivity contribution in [2.45, 2.75) is 38.0 Å². The quantitative estimate of drug-likeness (QED) is 0.702. The van der Waals surface area contributed by atoms with Gasteiger partial charge >= 0.3 is 6.09 Å². The van der Waals surface area contributed by atoms with Gasteiger partial charge in [0, 0.05) is 43.5 Å². The summed E-state index contributed by atoms with van der Waals surface area (Å²) in [5.74, 6) is 1.12. The van der Waals surface area contributed by atoms with Crippen molar-refractivity contribution in [1.82, 2.24) is 4.90 Å². The van der Waals surface area contributed by atoms with Crippen molar-refractivity contribution < 1.29 is 19.4 Å². The Kier molecular flexibility index (Phi) is 6.83. The third-order valence-electron chi connectivity index (χ3n) is 6.58. The predicted molar refractivity (Wildman–Crippen MR) is 125 cm³/mol. The van der Waals surface area contributed by atoms with Crippen molar-refractivity contribution in [2.24, 2.45) is 0 Å². The van der Waals surface area contributed by atoms with Crippen LogP contribution in [0.5, 0.6) is 5.75 Å². The predicted octanol–water partition coefficient (Wildman–Crippen LogP) is 4.80. The Morgan fingerprint density at radius 3 is 2.28 bits per heavy atom. The van der Waals surface area contributed by atoms with E-state index in [1.54, 1.807) is 7.11 Å². The van der Waals surface area contributed by atoms with Crippen LogP contribution in [0.2, 0.25) is 0 Å². The Hall–Kier alpha value is -3.22. The number of anilines is 2. The van der Waals surface area contributed by atoms with E-state index in [2.05, 4.69) is 22.3 Å². The third kappa shape index (κ3) is 4.98. The van der Waals surface area contributed by atoms with Crippen LogP contribution in [-0.4, -0.2) is 55.3 Å². The van der Waals surface area contributed by atoms with E-state index in [0.717, 1.165) is 5.69 Å². The molecule has 0 bridgehead atoms. The van der Waals surface area contributed by atoms with Gasteiger partial charge in [-0.25, -0.2) is 4.79 Å². The van der Waals surface area contributed by atoms with Crippen LogP contribution in [0, 0.1) is 0 Å².